The Kier molecular flexibility index (Phi) is 7.12. The fraction of sp³-hybridized carbons (Fsp3) is 0.818. The average Bonchev–Trinajstić information content (AvgIpc) is 2.46. The van der Waals surface area contributed by atoms with Crippen LogP contribution >= 0.6 is 0 Å². The Bertz CT molecular complexity index is 427. The van der Waals surface area contributed by atoms with E-state index in [9.17, 15) is 5.11 Å². The summed E-state index contributed by atoms with van der Waals surface area (Å²) >= 11 is 0. The summed E-state index contributed by atoms with van der Waals surface area (Å²) in [5, 5.41) is 9.58. The van der Waals surface area contributed by atoms with Crippen LogP contribution in [0.1, 0.15) is 54.4 Å². The number of rotatable bonds is 6. The van der Waals surface area contributed by atoms with Crippen LogP contribution in [0.3, 0.4) is 0 Å². The van der Waals surface area contributed by atoms with Crippen LogP contribution in [-0.4, -0.2) is 36.2 Å². The number of nitrogens with zero attached hydrogens (tertiary/aromatic N) is 1. The van der Waals surface area contributed by atoms with Crippen molar-refractivity contribution in [3.05, 3.63) is 23.3 Å². The Hall–Kier alpha value is -0.600. The molecule has 1 N–H and O–H groups in total. The van der Waals surface area contributed by atoms with Gasteiger partial charge < -0.3 is 10.0 Å². The highest BCUT2D eigenvalue weighted by molar-refractivity contribution is 5.10. The maximum Gasteiger partial charge on any atom is 0.0558 e. The molecule has 2 nitrogen and oxygen atoms in total. The summed E-state index contributed by atoms with van der Waals surface area (Å²) in [6, 6.07) is 0. The van der Waals surface area contributed by atoms with Gasteiger partial charge in [0, 0.05) is 19.6 Å². The van der Waals surface area contributed by atoms with Crippen LogP contribution in [0.2, 0.25) is 0 Å². The van der Waals surface area contributed by atoms with E-state index < -0.39 is 0 Å². The van der Waals surface area contributed by atoms with Crippen LogP contribution in [0.5, 0.6) is 0 Å². The molecule has 24 heavy (non-hydrogen) atoms. The van der Waals surface area contributed by atoms with E-state index in [0.29, 0.717) is 23.7 Å². The lowest BCUT2D eigenvalue weighted by atomic mass is 9.73. The first-order chi connectivity index (χ1) is 11.3. The van der Waals surface area contributed by atoms with Crippen LogP contribution in [-0.2, 0) is 0 Å². The molecule has 0 amide bonds. The van der Waals surface area contributed by atoms with Gasteiger partial charge in [0.1, 0.15) is 0 Å². The van der Waals surface area contributed by atoms with Crippen molar-refractivity contribution >= 4 is 0 Å². The minimum Gasteiger partial charge on any atom is -0.395 e. The monoisotopic (exact) mass is 333 g/mol. The first-order valence-corrected chi connectivity index (χ1v) is 9.99. The molecule has 0 heterocycles. The van der Waals surface area contributed by atoms with Crippen molar-refractivity contribution in [3.63, 3.8) is 0 Å². The molecule has 0 spiro atoms. The second-order valence-electron chi connectivity index (χ2n) is 8.92. The van der Waals surface area contributed by atoms with Crippen molar-refractivity contribution in [2.24, 2.45) is 35.5 Å². The van der Waals surface area contributed by atoms with Crippen LogP contribution in [0.15, 0.2) is 23.3 Å². The maximum atomic E-state index is 9.58. The van der Waals surface area contributed by atoms with E-state index in [4.69, 9.17) is 0 Å². The van der Waals surface area contributed by atoms with Crippen molar-refractivity contribution in [1.82, 2.24) is 4.90 Å². The standard InChI is InChI=1S/C22H39NO/c1-15-9-17(3)21(18(4)10-15)13-23(7-8-24)14-22-19(5)11-16(2)12-20(22)6/h9,11,17-22,24H,7-8,10,12-14H2,1-6H3/t17-,18-,19+,20-,21-,22+/m0/s1. The zero-order valence-electron chi connectivity index (χ0n) is 16.8. The van der Waals surface area contributed by atoms with Gasteiger partial charge in [-0.1, -0.05) is 51.0 Å². The highest BCUT2D eigenvalue weighted by Crippen LogP contribution is 2.36. The van der Waals surface area contributed by atoms with E-state index in [1.807, 2.05) is 0 Å². The number of hydrogen-bond acceptors (Lipinski definition) is 2. The third-order valence-electron chi connectivity index (χ3n) is 6.55. The predicted octanol–water partition coefficient (Wildman–Crippen LogP) is 4.76. The fourth-order valence-corrected chi connectivity index (χ4v) is 5.32. The molecular formula is C22H39NO. The van der Waals surface area contributed by atoms with Gasteiger partial charge in [0.15, 0.2) is 0 Å². The van der Waals surface area contributed by atoms with Crippen molar-refractivity contribution < 1.29 is 5.11 Å². The lowest BCUT2D eigenvalue weighted by Gasteiger charge is -2.41. The zero-order chi connectivity index (χ0) is 17.9. The van der Waals surface area contributed by atoms with Gasteiger partial charge >= 0.3 is 0 Å². The number of allylic oxidation sites excluding steroid dienone is 4. The summed E-state index contributed by atoms with van der Waals surface area (Å²) in [4.78, 5) is 2.55. The molecule has 2 aliphatic rings. The molecule has 0 saturated carbocycles. The van der Waals surface area contributed by atoms with Gasteiger partial charge in [-0.3, -0.25) is 0 Å². The minimum absolute atomic E-state index is 0.273. The van der Waals surface area contributed by atoms with Gasteiger partial charge in [-0.25, -0.2) is 0 Å². The Morgan fingerprint density at radius 1 is 0.875 bits per heavy atom. The molecule has 0 unspecified atom stereocenters. The van der Waals surface area contributed by atoms with Gasteiger partial charge in [-0.15, -0.1) is 0 Å². The third kappa shape index (κ3) is 4.95. The van der Waals surface area contributed by atoms with Gasteiger partial charge in [-0.2, -0.15) is 0 Å². The summed E-state index contributed by atoms with van der Waals surface area (Å²) in [6.07, 6.45) is 7.42. The summed E-state index contributed by atoms with van der Waals surface area (Å²) in [6.45, 7) is 17.5. The summed E-state index contributed by atoms with van der Waals surface area (Å²) < 4.78 is 0. The fourth-order valence-electron chi connectivity index (χ4n) is 5.32. The smallest absolute Gasteiger partial charge is 0.0558 e. The molecule has 0 saturated heterocycles. The summed E-state index contributed by atoms with van der Waals surface area (Å²) in [5.41, 5.74) is 3.10. The number of aliphatic hydroxyl groups excluding tert-OH is 1. The average molecular weight is 334 g/mol. The second kappa shape index (κ2) is 8.67. The molecule has 2 aliphatic carbocycles. The van der Waals surface area contributed by atoms with E-state index >= 15 is 0 Å². The van der Waals surface area contributed by atoms with Crippen LogP contribution < -0.4 is 0 Å². The van der Waals surface area contributed by atoms with Gasteiger partial charge in [0.05, 0.1) is 6.61 Å². The highest BCUT2D eigenvalue weighted by Gasteiger charge is 2.32. The first kappa shape index (κ1) is 19.7. The SMILES string of the molecule is CC1=C[C@@H](C)[C@@H](CN(CCO)C[C@H]2[C@@H](C)C=C(C)C[C@@H]2C)[C@@H](C)C1. The normalized spacial score (nSPS) is 37.3. The molecule has 0 fully saturated rings. The van der Waals surface area contributed by atoms with Crippen molar-refractivity contribution in [1.29, 1.82) is 0 Å². The van der Waals surface area contributed by atoms with Crippen molar-refractivity contribution in [2.75, 3.05) is 26.2 Å². The third-order valence-corrected chi connectivity index (χ3v) is 6.55. The molecular weight excluding hydrogens is 294 g/mol. The Morgan fingerprint density at radius 2 is 1.29 bits per heavy atom. The molecule has 2 rings (SSSR count). The molecule has 0 bridgehead atoms. The van der Waals surface area contributed by atoms with Crippen molar-refractivity contribution in [3.8, 4) is 0 Å². The Balaban J connectivity index is 2.04. The molecule has 0 aromatic heterocycles. The molecule has 0 aromatic rings. The van der Waals surface area contributed by atoms with Gasteiger partial charge in [-0.05, 0) is 62.2 Å². The molecule has 2 heteroatoms. The Morgan fingerprint density at radius 3 is 1.62 bits per heavy atom. The van der Waals surface area contributed by atoms with E-state index in [-0.39, 0.29) is 6.61 Å². The summed E-state index contributed by atoms with van der Waals surface area (Å²) in [7, 11) is 0. The maximum absolute atomic E-state index is 9.58. The first-order valence-electron chi connectivity index (χ1n) is 9.99. The van der Waals surface area contributed by atoms with Crippen LogP contribution in [0.4, 0.5) is 0 Å². The van der Waals surface area contributed by atoms with Crippen LogP contribution in [0.25, 0.3) is 0 Å². The second-order valence-corrected chi connectivity index (χ2v) is 8.92. The van der Waals surface area contributed by atoms with Crippen molar-refractivity contribution in [2.45, 2.75) is 54.4 Å². The summed E-state index contributed by atoms with van der Waals surface area (Å²) in [5.74, 6) is 4.22. The molecule has 138 valence electrons. The Labute approximate surface area is 150 Å². The molecule has 0 radical (unpaired) electrons. The van der Waals surface area contributed by atoms with Gasteiger partial charge in [0.2, 0.25) is 0 Å². The molecule has 0 aromatic carbocycles. The number of hydrogen-bond donors (Lipinski definition) is 1. The quantitative estimate of drug-likeness (QED) is 0.709. The minimum atomic E-state index is 0.273. The van der Waals surface area contributed by atoms with E-state index in [1.165, 1.54) is 12.8 Å². The lowest BCUT2D eigenvalue weighted by Crippen LogP contribution is -2.43. The van der Waals surface area contributed by atoms with Gasteiger partial charge in [0.25, 0.3) is 0 Å². The molecule has 6 atom stereocenters. The van der Waals surface area contributed by atoms with E-state index in [1.54, 1.807) is 11.1 Å². The zero-order valence-corrected chi connectivity index (χ0v) is 16.8. The van der Waals surface area contributed by atoms with E-state index in [0.717, 1.165) is 31.5 Å². The van der Waals surface area contributed by atoms with Crippen LogP contribution in [0, 0.1) is 35.5 Å². The highest BCUT2D eigenvalue weighted by atomic mass is 16.3. The lowest BCUT2D eigenvalue weighted by molar-refractivity contribution is 0.0960. The largest absolute Gasteiger partial charge is 0.395 e. The molecule has 0 aliphatic heterocycles. The van der Waals surface area contributed by atoms with E-state index in [2.05, 4.69) is 58.6 Å². The topological polar surface area (TPSA) is 23.5 Å². The predicted molar refractivity (Wildman–Crippen MR) is 104 cm³/mol. The number of aliphatic hydroxyl groups is 1.